The van der Waals surface area contributed by atoms with Crippen molar-refractivity contribution in [3.8, 4) is 0 Å². The molecule has 1 aliphatic heterocycles. The van der Waals surface area contributed by atoms with Crippen LogP contribution in [0.3, 0.4) is 0 Å². The number of carbonyl (C=O) groups excluding carboxylic acids is 1. The van der Waals surface area contributed by atoms with E-state index in [1.54, 1.807) is 18.1 Å². The van der Waals surface area contributed by atoms with Crippen LogP contribution in [0.4, 0.5) is 5.82 Å². The van der Waals surface area contributed by atoms with Gasteiger partial charge in [-0.1, -0.05) is 0 Å². The van der Waals surface area contributed by atoms with E-state index in [2.05, 4.69) is 25.3 Å². The molecule has 7 nitrogen and oxygen atoms in total. The molecule has 0 atom stereocenters. The van der Waals surface area contributed by atoms with E-state index in [0.29, 0.717) is 17.1 Å². The van der Waals surface area contributed by atoms with Crippen molar-refractivity contribution in [3.63, 3.8) is 0 Å². The molecule has 0 spiro atoms. The van der Waals surface area contributed by atoms with Crippen molar-refractivity contribution in [2.75, 3.05) is 23.7 Å². The summed E-state index contributed by atoms with van der Waals surface area (Å²) in [5.41, 5.74) is 1.41. The van der Waals surface area contributed by atoms with E-state index in [0.717, 1.165) is 23.6 Å². The number of nitrogens with one attached hydrogen (secondary N) is 2. The van der Waals surface area contributed by atoms with Crippen molar-refractivity contribution in [2.24, 2.45) is 0 Å². The molecule has 20 heavy (non-hydrogen) atoms. The molecule has 1 amide bonds. The Morgan fingerprint density at radius 2 is 2.40 bits per heavy atom. The van der Waals surface area contributed by atoms with Gasteiger partial charge in [-0.15, -0.1) is 11.8 Å². The van der Waals surface area contributed by atoms with Crippen LogP contribution in [0.1, 0.15) is 6.92 Å². The van der Waals surface area contributed by atoms with Crippen LogP contribution < -0.4 is 10.2 Å². The summed E-state index contributed by atoms with van der Waals surface area (Å²) in [6.45, 7) is 3.32. The van der Waals surface area contributed by atoms with Crippen LogP contribution in [-0.2, 0) is 4.79 Å². The van der Waals surface area contributed by atoms with Crippen molar-refractivity contribution < 1.29 is 4.79 Å². The van der Waals surface area contributed by atoms with Crippen molar-refractivity contribution in [2.45, 2.75) is 6.92 Å². The maximum atomic E-state index is 11.9. The number of nitrogens with zero attached hydrogens (tertiary/aromatic N) is 4. The van der Waals surface area contributed by atoms with Gasteiger partial charge in [-0.05, 0) is 6.92 Å². The second-order valence-corrected chi connectivity index (χ2v) is 5.33. The molecule has 3 heterocycles. The number of amides is 1. The van der Waals surface area contributed by atoms with E-state index in [1.807, 2.05) is 18.0 Å². The molecule has 0 radical (unpaired) electrons. The van der Waals surface area contributed by atoms with Crippen molar-refractivity contribution in [1.82, 2.24) is 25.3 Å². The standard InChI is InChI=1S/C12H14N6OS/c1-2-13-12(19)8-5-18(3-4-20-8)11-9-10(15-6-14-9)16-7-17-11/h5-7H,2-4H2,1H3,(H,13,19)(H,14,15,16,17). The molecule has 8 heteroatoms. The third-order valence-corrected chi connectivity index (χ3v) is 3.89. The Morgan fingerprint density at radius 1 is 1.50 bits per heavy atom. The van der Waals surface area contributed by atoms with Crippen LogP contribution >= 0.6 is 11.8 Å². The summed E-state index contributed by atoms with van der Waals surface area (Å²) in [5.74, 6) is 1.54. The Hall–Kier alpha value is -2.09. The predicted molar refractivity (Wildman–Crippen MR) is 78.3 cm³/mol. The van der Waals surface area contributed by atoms with Gasteiger partial charge in [-0.3, -0.25) is 4.79 Å². The first-order chi connectivity index (χ1) is 9.79. The Bertz CT molecular complexity index is 667. The smallest absolute Gasteiger partial charge is 0.259 e. The lowest BCUT2D eigenvalue weighted by atomic mass is 10.4. The third-order valence-electron chi connectivity index (χ3n) is 2.90. The first-order valence-corrected chi connectivity index (χ1v) is 7.31. The number of aromatic nitrogens is 4. The van der Waals surface area contributed by atoms with Gasteiger partial charge in [-0.25, -0.2) is 15.0 Å². The van der Waals surface area contributed by atoms with E-state index >= 15 is 0 Å². The molecular formula is C12H14N6OS. The van der Waals surface area contributed by atoms with Gasteiger partial charge in [0.05, 0.1) is 11.2 Å². The second-order valence-electron chi connectivity index (χ2n) is 4.19. The highest BCUT2D eigenvalue weighted by molar-refractivity contribution is 8.04. The highest BCUT2D eigenvalue weighted by atomic mass is 32.2. The molecule has 0 bridgehead atoms. The minimum Gasteiger partial charge on any atom is -0.352 e. The highest BCUT2D eigenvalue weighted by Crippen LogP contribution is 2.27. The number of imidazole rings is 1. The summed E-state index contributed by atoms with van der Waals surface area (Å²) in [6, 6.07) is 0. The van der Waals surface area contributed by atoms with Gasteiger partial charge in [0, 0.05) is 25.0 Å². The van der Waals surface area contributed by atoms with Crippen LogP contribution in [0, 0.1) is 0 Å². The van der Waals surface area contributed by atoms with Crippen LogP contribution in [0.5, 0.6) is 0 Å². The normalized spacial score (nSPS) is 15.2. The largest absolute Gasteiger partial charge is 0.352 e. The summed E-state index contributed by atoms with van der Waals surface area (Å²) in [7, 11) is 0. The molecule has 0 saturated heterocycles. The average molecular weight is 290 g/mol. The fourth-order valence-electron chi connectivity index (χ4n) is 2.01. The van der Waals surface area contributed by atoms with Gasteiger partial charge >= 0.3 is 0 Å². The number of hydrogen-bond donors (Lipinski definition) is 2. The summed E-state index contributed by atoms with van der Waals surface area (Å²) in [4.78, 5) is 30.1. The number of aromatic amines is 1. The van der Waals surface area contributed by atoms with E-state index in [1.165, 1.54) is 6.33 Å². The number of carbonyl (C=O) groups is 1. The number of likely N-dealkylation sites (N-methyl/N-ethyl adjacent to an activating group) is 1. The highest BCUT2D eigenvalue weighted by Gasteiger charge is 2.20. The van der Waals surface area contributed by atoms with Gasteiger partial charge < -0.3 is 15.2 Å². The Labute approximate surface area is 119 Å². The Balaban J connectivity index is 1.95. The number of rotatable bonds is 3. The Morgan fingerprint density at radius 3 is 3.25 bits per heavy atom. The van der Waals surface area contributed by atoms with Crippen molar-refractivity contribution in [1.29, 1.82) is 0 Å². The zero-order valence-electron chi connectivity index (χ0n) is 11.0. The summed E-state index contributed by atoms with van der Waals surface area (Å²) < 4.78 is 0. The maximum absolute atomic E-state index is 11.9. The number of hydrogen-bond acceptors (Lipinski definition) is 6. The Kier molecular flexibility index (Phi) is 3.55. The van der Waals surface area contributed by atoms with Crippen LogP contribution in [0.2, 0.25) is 0 Å². The van der Waals surface area contributed by atoms with Crippen LogP contribution in [0.15, 0.2) is 23.8 Å². The molecule has 0 saturated carbocycles. The van der Waals surface area contributed by atoms with Crippen molar-refractivity contribution >= 4 is 34.7 Å². The lowest BCUT2D eigenvalue weighted by molar-refractivity contribution is -0.116. The predicted octanol–water partition coefficient (Wildman–Crippen LogP) is 0.884. The number of H-pyrrole nitrogens is 1. The second kappa shape index (κ2) is 5.49. The lowest BCUT2D eigenvalue weighted by Gasteiger charge is -2.25. The SMILES string of the molecule is CCNC(=O)C1=CN(c2ncnc3nc[nH]c23)CCS1. The first kappa shape index (κ1) is 12.9. The summed E-state index contributed by atoms with van der Waals surface area (Å²) >= 11 is 1.56. The van der Waals surface area contributed by atoms with Crippen LogP contribution in [0.25, 0.3) is 11.2 Å². The van der Waals surface area contributed by atoms with Gasteiger partial charge in [0.25, 0.3) is 5.91 Å². The van der Waals surface area contributed by atoms with Gasteiger partial charge in [0.2, 0.25) is 0 Å². The lowest BCUT2D eigenvalue weighted by Crippen LogP contribution is -2.30. The first-order valence-electron chi connectivity index (χ1n) is 6.33. The molecule has 0 aliphatic carbocycles. The van der Waals surface area contributed by atoms with E-state index < -0.39 is 0 Å². The zero-order valence-corrected chi connectivity index (χ0v) is 11.8. The van der Waals surface area contributed by atoms with E-state index in [9.17, 15) is 4.79 Å². The quantitative estimate of drug-likeness (QED) is 0.873. The number of thioether (sulfide) groups is 1. The molecule has 104 valence electrons. The minimum atomic E-state index is -0.0443. The molecule has 0 fully saturated rings. The molecule has 0 unspecified atom stereocenters. The topological polar surface area (TPSA) is 86.8 Å². The van der Waals surface area contributed by atoms with Crippen molar-refractivity contribution in [3.05, 3.63) is 23.8 Å². The third kappa shape index (κ3) is 2.34. The molecule has 2 aromatic heterocycles. The fraction of sp³-hybridized carbons (Fsp3) is 0.333. The number of fused-ring (bicyclic) bond motifs is 1. The molecule has 1 aliphatic rings. The summed E-state index contributed by atoms with van der Waals surface area (Å²) in [5, 5.41) is 2.81. The van der Waals surface area contributed by atoms with Crippen LogP contribution in [-0.4, -0.2) is 44.7 Å². The van der Waals surface area contributed by atoms with Gasteiger partial charge in [0.15, 0.2) is 11.5 Å². The average Bonchev–Trinajstić information content (AvgIpc) is 2.96. The maximum Gasteiger partial charge on any atom is 0.259 e. The van der Waals surface area contributed by atoms with Gasteiger partial charge in [0.1, 0.15) is 11.8 Å². The molecule has 3 rings (SSSR count). The van der Waals surface area contributed by atoms with E-state index in [-0.39, 0.29) is 5.91 Å². The molecule has 2 N–H and O–H groups in total. The van der Waals surface area contributed by atoms with E-state index in [4.69, 9.17) is 0 Å². The molecule has 2 aromatic rings. The van der Waals surface area contributed by atoms with Gasteiger partial charge in [-0.2, -0.15) is 0 Å². The fourth-order valence-corrected chi connectivity index (χ4v) is 2.92. The zero-order chi connectivity index (χ0) is 13.9. The molecule has 0 aromatic carbocycles. The minimum absolute atomic E-state index is 0.0443. The monoisotopic (exact) mass is 290 g/mol. The molecular weight excluding hydrogens is 276 g/mol. The number of anilines is 1. The summed E-state index contributed by atoms with van der Waals surface area (Å²) in [6.07, 6.45) is 4.91.